The third-order valence-corrected chi connectivity index (χ3v) is 3.21. The van der Waals surface area contributed by atoms with Crippen molar-refractivity contribution in [3.63, 3.8) is 0 Å². The highest BCUT2D eigenvalue weighted by Crippen LogP contribution is 2.11. The molecule has 7 nitrogen and oxygen atoms in total. The first-order valence-electron chi connectivity index (χ1n) is 7.67. The number of benzene rings is 1. The molecule has 0 aliphatic carbocycles. The lowest BCUT2D eigenvalue weighted by Gasteiger charge is -2.05. The Labute approximate surface area is 140 Å². The van der Waals surface area contributed by atoms with E-state index in [2.05, 4.69) is 15.4 Å². The molecule has 0 radical (unpaired) electrons. The molecule has 1 aromatic carbocycles. The minimum Gasteiger partial charge on any atom is -0.382 e. The van der Waals surface area contributed by atoms with Gasteiger partial charge in [0.25, 0.3) is 5.91 Å². The smallest absolute Gasteiger partial charge is 0.261 e. The molecule has 0 saturated carbocycles. The molecule has 1 amide bonds. The number of carbonyl (C=O) groups excluding carboxylic acids is 1. The van der Waals surface area contributed by atoms with E-state index in [1.165, 1.54) is 6.33 Å². The zero-order valence-corrected chi connectivity index (χ0v) is 13.5. The Morgan fingerprint density at radius 1 is 1.42 bits per heavy atom. The summed E-state index contributed by atoms with van der Waals surface area (Å²) in [6, 6.07) is 9.25. The van der Waals surface area contributed by atoms with Crippen LogP contribution in [0, 0.1) is 11.3 Å². The Balaban J connectivity index is 1.96. The summed E-state index contributed by atoms with van der Waals surface area (Å²) in [4.78, 5) is 15.9. The first-order chi connectivity index (χ1) is 11.7. The van der Waals surface area contributed by atoms with Gasteiger partial charge in [0.05, 0.1) is 5.69 Å². The number of rotatable bonds is 8. The highest BCUT2D eigenvalue weighted by atomic mass is 16.5. The van der Waals surface area contributed by atoms with Crippen molar-refractivity contribution < 1.29 is 9.53 Å². The predicted octanol–water partition coefficient (Wildman–Crippen LogP) is 1.72. The molecule has 0 aliphatic heterocycles. The average molecular weight is 325 g/mol. The molecule has 24 heavy (non-hydrogen) atoms. The lowest BCUT2D eigenvalue weighted by Crippen LogP contribution is -2.26. The monoisotopic (exact) mass is 325 g/mol. The molecule has 0 fully saturated rings. The fourth-order valence-electron chi connectivity index (χ4n) is 2.00. The first-order valence-corrected chi connectivity index (χ1v) is 7.67. The summed E-state index contributed by atoms with van der Waals surface area (Å²) in [5, 5.41) is 15.9. The maximum Gasteiger partial charge on any atom is 0.261 e. The van der Waals surface area contributed by atoms with Gasteiger partial charge in [-0.15, -0.1) is 0 Å². The first kappa shape index (κ1) is 17.4. The molecule has 7 heteroatoms. The number of ether oxygens (including phenoxy) is 1. The normalized spacial score (nSPS) is 11.1. The van der Waals surface area contributed by atoms with Crippen molar-refractivity contribution in [1.82, 2.24) is 20.1 Å². The van der Waals surface area contributed by atoms with Crippen LogP contribution in [-0.4, -0.2) is 40.4 Å². The van der Waals surface area contributed by atoms with Crippen LogP contribution in [0.4, 0.5) is 0 Å². The van der Waals surface area contributed by atoms with Crippen LogP contribution >= 0.6 is 0 Å². The molecule has 1 aromatic heterocycles. The number of carbonyl (C=O) groups is 1. The Morgan fingerprint density at radius 3 is 2.83 bits per heavy atom. The van der Waals surface area contributed by atoms with Gasteiger partial charge in [-0.2, -0.15) is 10.4 Å². The summed E-state index contributed by atoms with van der Waals surface area (Å²) >= 11 is 0. The van der Waals surface area contributed by atoms with Crippen LogP contribution in [0.25, 0.3) is 11.8 Å². The number of hydrogen-bond donors (Lipinski definition) is 1. The van der Waals surface area contributed by atoms with Crippen molar-refractivity contribution in [1.29, 1.82) is 5.26 Å². The molecule has 0 aliphatic rings. The van der Waals surface area contributed by atoms with Gasteiger partial charge in [-0.25, -0.2) is 9.67 Å². The van der Waals surface area contributed by atoms with Gasteiger partial charge >= 0.3 is 0 Å². The van der Waals surface area contributed by atoms with Gasteiger partial charge in [0, 0.05) is 19.8 Å². The van der Waals surface area contributed by atoms with Crippen LogP contribution in [0.2, 0.25) is 0 Å². The van der Waals surface area contributed by atoms with Crippen molar-refractivity contribution in [2.24, 2.45) is 0 Å². The largest absolute Gasteiger partial charge is 0.382 e. The van der Waals surface area contributed by atoms with E-state index in [9.17, 15) is 10.1 Å². The fourth-order valence-corrected chi connectivity index (χ4v) is 2.00. The summed E-state index contributed by atoms with van der Waals surface area (Å²) in [5.41, 5.74) is 1.68. The molecule has 0 unspecified atom stereocenters. The van der Waals surface area contributed by atoms with Gasteiger partial charge in [0.2, 0.25) is 0 Å². The molecule has 1 N–H and O–H groups in total. The van der Waals surface area contributed by atoms with Gasteiger partial charge in [-0.3, -0.25) is 4.79 Å². The van der Waals surface area contributed by atoms with E-state index in [-0.39, 0.29) is 11.5 Å². The van der Waals surface area contributed by atoms with E-state index in [1.807, 2.05) is 37.3 Å². The molecular formula is C17H19N5O2. The van der Waals surface area contributed by atoms with Crippen LogP contribution in [0.1, 0.15) is 18.9 Å². The molecule has 0 atom stereocenters. The number of nitriles is 1. The van der Waals surface area contributed by atoms with Crippen LogP contribution in [0.3, 0.4) is 0 Å². The maximum absolute atomic E-state index is 12.0. The topological polar surface area (TPSA) is 92.8 Å². The molecular weight excluding hydrogens is 306 g/mol. The van der Waals surface area contributed by atoms with E-state index in [0.29, 0.717) is 26.2 Å². The molecule has 124 valence electrons. The third-order valence-electron chi connectivity index (χ3n) is 3.21. The summed E-state index contributed by atoms with van der Waals surface area (Å²) in [6.45, 7) is 3.64. The summed E-state index contributed by atoms with van der Waals surface area (Å²) < 4.78 is 6.83. The van der Waals surface area contributed by atoms with Crippen LogP contribution in [-0.2, 0) is 9.53 Å². The molecule has 0 spiro atoms. The highest BCUT2D eigenvalue weighted by molar-refractivity contribution is 6.01. The summed E-state index contributed by atoms with van der Waals surface area (Å²) in [5.74, 6) is -0.380. The number of amides is 1. The van der Waals surface area contributed by atoms with Crippen molar-refractivity contribution in [2.45, 2.75) is 13.3 Å². The van der Waals surface area contributed by atoms with Gasteiger partial charge < -0.3 is 10.1 Å². The van der Waals surface area contributed by atoms with Crippen molar-refractivity contribution in [2.75, 3.05) is 19.8 Å². The van der Waals surface area contributed by atoms with Crippen LogP contribution in [0.15, 0.2) is 42.5 Å². The average Bonchev–Trinajstić information content (AvgIpc) is 3.14. The van der Waals surface area contributed by atoms with E-state index in [4.69, 9.17) is 4.74 Å². The number of nitrogens with zero attached hydrogens (tertiary/aromatic N) is 4. The van der Waals surface area contributed by atoms with E-state index in [1.54, 1.807) is 17.1 Å². The Kier molecular flexibility index (Phi) is 6.68. The van der Waals surface area contributed by atoms with Crippen molar-refractivity contribution in [3.05, 3.63) is 48.1 Å². The van der Waals surface area contributed by atoms with Crippen LogP contribution in [0.5, 0.6) is 0 Å². The minimum absolute atomic E-state index is 0.0694. The second kappa shape index (κ2) is 9.22. The van der Waals surface area contributed by atoms with E-state index < -0.39 is 0 Å². The quantitative estimate of drug-likeness (QED) is 0.453. The number of nitrogens with one attached hydrogen (secondary N) is 1. The Morgan fingerprint density at radius 2 is 2.21 bits per heavy atom. The third kappa shape index (κ3) is 5.04. The van der Waals surface area contributed by atoms with Gasteiger partial charge in [0.15, 0.2) is 0 Å². The van der Waals surface area contributed by atoms with Crippen LogP contribution < -0.4 is 5.32 Å². The lowest BCUT2D eigenvalue weighted by molar-refractivity contribution is -0.117. The Bertz CT molecular complexity index is 714. The summed E-state index contributed by atoms with van der Waals surface area (Å²) in [6.07, 6.45) is 5.33. The standard InChI is InChI=1S/C17H19N5O2/c1-2-24-9-3-8-20-17(23)15(11-18)10-14-4-6-16(7-5-14)22-13-19-12-21-22/h4-7,10,12-13H,2-3,8-9H2,1H3,(H,20,23)/b15-10-. The van der Waals surface area contributed by atoms with Gasteiger partial charge in [0.1, 0.15) is 24.3 Å². The van der Waals surface area contributed by atoms with Crippen molar-refractivity contribution in [3.8, 4) is 11.8 Å². The summed E-state index contributed by atoms with van der Waals surface area (Å²) in [7, 11) is 0. The lowest BCUT2D eigenvalue weighted by atomic mass is 10.1. The Hall–Kier alpha value is -2.98. The highest BCUT2D eigenvalue weighted by Gasteiger charge is 2.08. The second-order valence-electron chi connectivity index (χ2n) is 4.91. The molecule has 0 bridgehead atoms. The minimum atomic E-state index is -0.380. The molecule has 0 saturated heterocycles. The second-order valence-corrected chi connectivity index (χ2v) is 4.91. The number of aromatic nitrogens is 3. The van der Waals surface area contributed by atoms with E-state index >= 15 is 0 Å². The van der Waals surface area contributed by atoms with Gasteiger partial charge in [-0.05, 0) is 37.1 Å². The zero-order valence-electron chi connectivity index (χ0n) is 13.5. The predicted molar refractivity (Wildman–Crippen MR) is 89.1 cm³/mol. The SMILES string of the molecule is CCOCCCNC(=O)/C(C#N)=C\c1ccc(-n2cncn2)cc1. The fraction of sp³-hybridized carbons (Fsp3) is 0.294. The van der Waals surface area contributed by atoms with E-state index in [0.717, 1.165) is 11.3 Å². The number of hydrogen-bond acceptors (Lipinski definition) is 5. The molecule has 1 heterocycles. The molecule has 2 rings (SSSR count). The van der Waals surface area contributed by atoms with Crippen molar-refractivity contribution >= 4 is 12.0 Å². The molecule has 2 aromatic rings. The maximum atomic E-state index is 12.0. The zero-order chi connectivity index (χ0) is 17.2. The van der Waals surface area contributed by atoms with Gasteiger partial charge in [-0.1, -0.05) is 12.1 Å².